The zero-order valence-electron chi connectivity index (χ0n) is 20.3. The van der Waals surface area contributed by atoms with E-state index in [1.807, 2.05) is 13.8 Å². The summed E-state index contributed by atoms with van der Waals surface area (Å²) in [6, 6.07) is 11.5. The normalized spacial score (nSPS) is 15.7. The largest absolute Gasteiger partial charge is 0.496 e. The van der Waals surface area contributed by atoms with Crippen molar-refractivity contribution in [2.24, 2.45) is 5.73 Å². The van der Waals surface area contributed by atoms with E-state index < -0.39 is 40.5 Å². The molecule has 1 heterocycles. The average molecular weight is 500 g/mol. The van der Waals surface area contributed by atoms with Gasteiger partial charge < -0.3 is 20.3 Å². The van der Waals surface area contributed by atoms with Crippen molar-refractivity contribution in [1.29, 1.82) is 0 Å². The van der Waals surface area contributed by atoms with Crippen LogP contribution in [0.1, 0.15) is 58.9 Å². The predicted molar refractivity (Wildman–Crippen MR) is 128 cm³/mol. The van der Waals surface area contributed by atoms with Gasteiger partial charge in [-0.1, -0.05) is 26.0 Å². The summed E-state index contributed by atoms with van der Waals surface area (Å²) in [5.41, 5.74) is 6.59. The fourth-order valence-electron chi connectivity index (χ4n) is 5.01. The number of hydrogen-bond acceptors (Lipinski definition) is 5. The molecule has 0 aliphatic carbocycles. The maximum absolute atomic E-state index is 14.2. The molecule has 1 aliphatic rings. The van der Waals surface area contributed by atoms with Gasteiger partial charge in [0.1, 0.15) is 18.2 Å². The molecule has 3 aromatic rings. The van der Waals surface area contributed by atoms with Crippen molar-refractivity contribution in [2.75, 3.05) is 7.11 Å². The number of rotatable bonds is 8. The van der Waals surface area contributed by atoms with Gasteiger partial charge in [-0.15, -0.1) is 0 Å². The van der Waals surface area contributed by atoms with Crippen LogP contribution in [0.3, 0.4) is 0 Å². The molecule has 0 bridgehead atoms. The number of ether oxygens (including phenoxy) is 2. The second kappa shape index (κ2) is 9.59. The number of halogens is 3. The molecule has 2 atom stereocenters. The van der Waals surface area contributed by atoms with Crippen molar-refractivity contribution < 1.29 is 32.5 Å². The molecule has 190 valence electrons. The molecule has 0 saturated carbocycles. The van der Waals surface area contributed by atoms with Crippen molar-refractivity contribution >= 4 is 5.97 Å². The molecule has 0 spiro atoms. The van der Waals surface area contributed by atoms with Crippen molar-refractivity contribution in [2.45, 2.75) is 50.4 Å². The number of esters is 1. The van der Waals surface area contributed by atoms with Crippen LogP contribution < -0.4 is 10.5 Å². The van der Waals surface area contributed by atoms with E-state index in [1.54, 1.807) is 18.2 Å². The molecule has 0 aromatic heterocycles. The fourth-order valence-corrected chi connectivity index (χ4v) is 5.01. The summed E-state index contributed by atoms with van der Waals surface area (Å²) in [6.45, 7) is 3.74. The number of hydrogen-bond donors (Lipinski definition) is 2. The molecule has 0 fully saturated rings. The van der Waals surface area contributed by atoms with Gasteiger partial charge >= 0.3 is 5.97 Å². The number of benzene rings is 3. The summed E-state index contributed by atoms with van der Waals surface area (Å²) in [6.07, 6.45) is -0.0918. The van der Waals surface area contributed by atoms with Crippen LogP contribution >= 0.6 is 0 Å². The van der Waals surface area contributed by atoms with E-state index in [9.17, 15) is 23.1 Å². The second-order valence-corrected chi connectivity index (χ2v) is 9.90. The fraction of sp³-hybridized carbons (Fsp3) is 0.321. The topological polar surface area (TPSA) is 81.8 Å². The smallest absolute Gasteiger partial charge is 0.338 e. The van der Waals surface area contributed by atoms with Crippen LogP contribution in [0.2, 0.25) is 0 Å². The Balaban J connectivity index is 1.77. The van der Waals surface area contributed by atoms with Gasteiger partial charge in [0.2, 0.25) is 0 Å². The summed E-state index contributed by atoms with van der Waals surface area (Å²) in [5, 5.41) is 12.1. The Hall–Kier alpha value is -3.36. The maximum Gasteiger partial charge on any atom is 0.338 e. The predicted octanol–water partition coefficient (Wildman–Crippen LogP) is 5.12. The van der Waals surface area contributed by atoms with Gasteiger partial charge in [-0.25, -0.2) is 18.0 Å². The third-order valence-electron chi connectivity index (χ3n) is 6.78. The van der Waals surface area contributed by atoms with Crippen LogP contribution in [0.15, 0.2) is 54.6 Å². The van der Waals surface area contributed by atoms with Gasteiger partial charge in [0.05, 0.1) is 24.3 Å². The molecular weight excluding hydrogens is 471 g/mol. The minimum Gasteiger partial charge on any atom is -0.496 e. The maximum atomic E-state index is 14.2. The highest BCUT2D eigenvalue weighted by Crippen LogP contribution is 2.43. The number of methoxy groups -OCH3 is 1. The number of aliphatic hydroxyl groups is 1. The molecule has 4 rings (SSSR count). The molecule has 0 amide bonds. The van der Waals surface area contributed by atoms with Gasteiger partial charge in [0.15, 0.2) is 11.6 Å². The first-order valence-corrected chi connectivity index (χ1v) is 11.5. The Morgan fingerprint density at radius 2 is 1.81 bits per heavy atom. The van der Waals surface area contributed by atoms with Gasteiger partial charge in [-0.3, -0.25) is 0 Å². The molecule has 0 radical (unpaired) electrons. The number of fused-ring (bicyclic) bond motifs is 1. The highest BCUT2D eigenvalue weighted by atomic mass is 19.2. The molecular formula is C28H28F3NO4. The van der Waals surface area contributed by atoms with Crippen molar-refractivity contribution in [1.82, 2.24) is 0 Å². The van der Waals surface area contributed by atoms with Crippen LogP contribution in [-0.4, -0.2) is 23.8 Å². The van der Waals surface area contributed by atoms with Crippen LogP contribution in [0.5, 0.6) is 5.75 Å². The summed E-state index contributed by atoms with van der Waals surface area (Å²) in [7, 11) is 1.47. The number of nitrogens with two attached hydrogens (primary N) is 1. The molecule has 36 heavy (non-hydrogen) atoms. The lowest BCUT2D eigenvalue weighted by atomic mass is 9.69. The SMILES string of the molecule is COc1ccc(F)cc1C(C)(C)CC(O)(Cc1ccc(F)c(F)c1)C(N)c1ccc2c(c1)COC2=O. The molecule has 0 saturated heterocycles. The Bertz CT molecular complexity index is 1310. The van der Waals surface area contributed by atoms with E-state index >= 15 is 0 Å². The van der Waals surface area contributed by atoms with E-state index in [4.69, 9.17) is 15.2 Å². The molecule has 8 heteroatoms. The Morgan fingerprint density at radius 3 is 2.50 bits per heavy atom. The average Bonchev–Trinajstić information content (AvgIpc) is 3.20. The summed E-state index contributed by atoms with van der Waals surface area (Å²) in [4.78, 5) is 11.9. The second-order valence-electron chi connectivity index (χ2n) is 9.90. The third-order valence-corrected chi connectivity index (χ3v) is 6.78. The summed E-state index contributed by atoms with van der Waals surface area (Å²) < 4.78 is 52.3. The first-order valence-electron chi connectivity index (χ1n) is 11.5. The zero-order valence-corrected chi connectivity index (χ0v) is 20.3. The van der Waals surface area contributed by atoms with Gasteiger partial charge in [-0.2, -0.15) is 0 Å². The van der Waals surface area contributed by atoms with Crippen LogP contribution in [-0.2, 0) is 23.2 Å². The van der Waals surface area contributed by atoms with Gasteiger partial charge in [0.25, 0.3) is 0 Å². The number of carbonyl (C=O) groups is 1. The zero-order chi connectivity index (χ0) is 26.3. The highest BCUT2D eigenvalue weighted by Gasteiger charge is 2.42. The highest BCUT2D eigenvalue weighted by molar-refractivity contribution is 5.93. The quantitative estimate of drug-likeness (QED) is 0.420. The van der Waals surface area contributed by atoms with Gasteiger partial charge in [0, 0.05) is 17.5 Å². The lowest BCUT2D eigenvalue weighted by Gasteiger charge is -2.41. The summed E-state index contributed by atoms with van der Waals surface area (Å²) >= 11 is 0. The standard InChI is InChI=1S/C28H28F3NO4/c1-27(2,21-12-19(29)6-9-24(21)35-3)15-28(34,13-16-4-8-22(30)23(31)10-16)25(32)17-5-7-20-18(11-17)14-36-26(20)33/h4-12,25,34H,13-15,32H2,1-3H3. The molecule has 3 N–H and O–H groups in total. The molecule has 1 aliphatic heterocycles. The van der Waals surface area contributed by atoms with E-state index in [-0.39, 0.29) is 19.4 Å². The van der Waals surface area contributed by atoms with E-state index in [1.165, 1.54) is 31.4 Å². The van der Waals surface area contributed by atoms with Gasteiger partial charge in [-0.05, 0) is 65.4 Å². The van der Waals surface area contributed by atoms with Crippen LogP contribution in [0, 0.1) is 17.5 Å². The lowest BCUT2D eigenvalue weighted by Crippen LogP contribution is -2.47. The Kier molecular flexibility index (Phi) is 6.86. The Morgan fingerprint density at radius 1 is 1.06 bits per heavy atom. The van der Waals surface area contributed by atoms with Crippen molar-refractivity contribution in [3.8, 4) is 5.75 Å². The number of cyclic esters (lactones) is 1. The monoisotopic (exact) mass is 499 g/mol. The first kappa shape index (κ1) is 25.7. The molecule has 5 nitrogen and oxygen atoms in total. The molecule has 2 unspecified atom stereocenters. The number of carbonyl (C=O) groups excluding carboxylic acids is 1. The van der Waals surface area contributed by atoms with Crippen LogP contribution in [0.4, 0.5) is 13.2 Å². The van der Waals surface area contributed by atoms with E-state index in [0.29, 0.717) is 33.6 Å². The van der Waals surface area contributed by atoms with Crippen molar-refractivity contribution in [3.63, 3.8) is 0 Å². The van der Waals surface area contributed by atoms with E-state index in [0.717, 1.165) is 12.1 Å². The lowest BCUT2D eigenvalue weighted by molar-refractivity contribution is -0.0121. The minimum atomic E-state index is -1.69. The van der Waals surface area contributed by atoms with E-state index in [2.05, 4.69) is 0 Å². The van der Waals surface area contributed by atoms with Crippen LogP contribution in [0.25, 0.3) is 0 Å². The third kappa shape index (κ3) is 4.96. The molecule has 3 aromatic carbocycles. The van der Waals surface area contributed by atoms with Crippen molar-refractivity contribution in [3.05, 3.63) is 99.9 Å². The first-order chi connectivity index (χ1) is 16.9. The minimum absolute atomic E-state index is 0.0203. The summed E-state index contributed by atoms with van der Waals surface area (Å²) in [5.74, 6) is -2.49. The Labute approximate surface area is 207 Å².